The van der Waals surface area contributed by atoms with Gasteiger partial charge in [-0.05, 0) is 17.7 Å². The molecular formula is C23H23ClN6O5S. The molecule has 4 heterocycles. The largest absolute Gasteiger partial charge is 0.619 e. The van der Waals surface area contributed by atoms with Crippen molar-refractivity contribution in [3.05, 3.63) is 87.0 Å². The summed E-state index contributed by atoms with van der Waals surface area (Å²) in [6, 6.07) is 8.30. The van der Waals surface area contributed by atoms with Crippen LogP contribution in [0.4, 0.5) is 0 Å². The number of fused-ring (bicyclic) bond motifs is 1. The topological polar surface area (TPSA) is 133 Å². The number of pyridine rings is 1. The molecule has 1 unspecified atom stereocenters. The number of hydrogen-bond acceptors (Lipinski definition) is 7. The number of hydrogen-bond donors (Lipinski definition) is 0. The first-order valence-corrected chi connectivity index (χ1v) is 13.0. The minimum Gasteiger partial charge on any atom is -0.619 e. The Kier molecular flexibility index (Phi) is 6.17. The highest BCUT2D eigenvalue weighted by Gasteiger charge is 2.45. The molecule has 0 N–H and O–H groups in total. The van der Waals surface area contributed by atoms with E-state index in [0.29, 0.717) is 27.4 Å². The number of aryl methyl sites for hydroxylation is 1. The predicted octanol–water partition coefficient (Wildman–Crippen LogP) is 1.77. The summed E-state index contributed by atoms with van der Waals surface area (Å²) in [6.45, 7) is 1.54. The molecule has 1 amide bonds. The Balaban J connectivity index is 1.24. The van der Waals surface area contributed by atoms with Crippen molar-refractivity contribution >= 4 is 27.7 Å². The van der Waals surface area contributed by atoms with Gasteiger partial charge in [-0.25, -0.2) is 14.0 Å². The summed E-state index contributed by atoms with van der Waals surface area (Å²) in [5.41, 5.74) is 3.23. The van der Waals surface area contributed by atoms with Gasteiger partial charge < -0.3 is 15.3 Å². The van der Waals surface area contributed by atoms with E-state index in [2.05, 4.69) is 9.97 Å². The molecule has 0 radical (unpaired) electrons. The van der Waals surface area contributed by atoms with Crippen LogP contribution in [-0.4, -0.2) is 63.7 Å². The SMILES string of the molecule is Cc1cc(-c2cnc(C(=O)N3CCN(S(=O)(=O)[N+]4([O-])Cc5ccc(Cl)cc5C4)CC3)nc2)cc[n+]1[O-]. The lowest BCUT2D eigenvalue weighted by atomic mass is 10.1. The first kappa shape index (κ1) is 24.5. The highest BCUT2D eigenvalue weighted by Crippen LogP contribution is 2.35. The van der Waals surface area contributed by atoms with Gasteiger partial charge in [0.25, 0.3) is 5.91 Å². The lowest BCUT2D eigenvalue weighted by Gasteiger charge is -2.42. The lowest BCUT2D eigenvalue weighted by Crippen LogP contribution is -2.57. The number of hydroxylamine groups is 2. The van der Waals surface area contributed by atoms with Gasteiger partial charge in [-0.2, -0.15) is 17.5 Å². The number of piperazine rings is 1. The zero-order valence-corrected chi connectivity index (χ0v) is 20.9. The van der Waals surface area contributed by atoms with E-state index in [1.807, 2.05) is 0 Å². The molecule has 1 saturated heterocycles. The van der Waals surface area contributed by atoms with Crippen molar-refractivity contribution in [1.82, 2.24) is 19.2 Å². The highest BCUT2D eigenvalue weighted by atomic mass is 35.5. The van der Waals surface area contributed by atoms with Gasteiger partial charge in [-0.3, -0.25) is 4.79 Å². The molecule has 0 bridgehead atoms. The van der Waals surface area contributed by atoms with Gasteiger partial charge in [0.2, 0.25) is 5.82 Å². The molecular weight excluding hydrogens is 508 g/mol. The van der Waals surface area contributed by atoms with Gasteiger partial charge in [0, 0.05) is 79.3 Å². The molecule has 3 aromatic rings. The normalized spacial score (nSPS) is 20.4. The Morgan fingerprint density at radius 3 is 2.36 bits per heavy atom. The van der Waals surface area contributed by atoms with E-state index in [1.54, 1.807) is 37.3 Å². The maximum atomic E-state index is 13.4. The van der Waals surface area contributed by atoms with Crippen LogP contribution in [0.25, 0.3) is 11.1 Å². The third-order valence-electron chi connectivity index (χ3n) is 6.54. The molecule has 2 aromatic heterocycles. The predicted molar refractivity (Wildman–Crippen MR) is 130 cm³/mol. The van der Waals surface area contributed by atoms with Crippen LogP contribution < -0.4 is 4.73 Å². The molecule has 0 spiro atoms. The van der Waals surface area contributed by atoms with Crippen molar-refractivity contribution in [2.75, 3.05) is 26.2 Å². The van der Waals surface area contributed by atoms with Crippen LogP contribution in [0.3, 0.4) is 0 Å². The van der Waals surface area contributed by atoms with Gasteiger partial charge in [0.15, 0.2) is 11.9 Å². The first-order valence-electron chi connectivity index (χ1n) is 11.2. The van der Waals surface area contributed by atoms with Crippen LogP contribution in [0.1, 0.15) is 27.4 Å². The summed E-state index contributed by atoms with van der Waals surface area (Å²) in [7, 11) is -4.22. The number of benzene rings is 1. The second-order valence-corrected chi connectivity index (χ2v) is 11.4. The maximum Gasteiger partial charge on any atom is 0.373 e. The van der Waals surface area contributed by atoms with E-state index in [4.69, 9.17) is 11.6 Å². The van der Waals surface area contributed by atoms with Gasteiger partial charge >= 0.3 is 10.2 Å². The molecule has 1 aromatic carbocycles. The Bertz CT molecular complexity index is 1440. The van der Waals surface area contributed by atoms with Crippen molar-refractivity contribution in [2.45, 2.75) is 20.0 Å². The molecule has 13 heteroatoms. The molecule has 0 aliphatic carbocycles. The van der Waals surface area contributed by atoms with Gasteiger partial charge in [0.05, 0.1) is 0 Å². The van der Waals surface area contributed by atoms with E-state index in [1.165, 1.54) is 23.5 Å². The summed E-state index contributed by atoms with van der Waals surface area (Å²) in [5.74, 6) is -0.435. The number of nitrogens with zero attached hydrogens (tertiary/aromatic N) is 6. The first-order chi connectivity index (χ1) is 17.1. The van der Waals surface area contributed by atoms with Crippen molar-refractivity contribution in [2.24, 2.45) is 0 Å². The van der Waals surface area contributed by atoms with Gasteiger partial charge in [0.1, 0.15) is 13.1 Å². The lowest BCUT2D eigenvalue weighted by molar-refractivity contribution is -0.776. The van der Waals surface area contributed by atoms with Gasteiger partial charge in [-0.15, -0.1) is 0 Å². The second-order valence-electron chi connectivity index (χ2n) is 8.89. The number of halogens is 1. The average molecular weight is 531 g/mol. The average Bonchev–Trinajstić information content (AvgIpc) is 3.22. The molecule has 11 nitrogen and oxygen atoms in total. The molecule has 0 saturated carbocycles. The molecule has 1 fully saturated rings. The summed E-state index contributed by atoms with van der Waals surface area (Å²) in [6.07, 6.45) is 4.41. The van der Waals surface area contributed by atoms with E-state index in [9.17, 15) is 23.6 Å². The van der Waals surface area contributed by atoms with E-state index >= 15 is 0 Å². The number of quaternary nitrogens is 1. The standard InChI is InChI=1S/C23H23ClN6O5S/c1-16-10-17(4-5-29(16)32)20-12-25-22(26-13-20)23(31)27-6-8-28(9-7-27)36(34,35)30(33)14-18-2-3-21(24)11-19(18)15-30/h2-5,10-13H,6-9,14-15H2,1H3. The Labute approximate surface area is 213 Å². The number of amides is 1. The summed E-state index contributed by atoms with van der Waals surface area (Å²) in [5, 5.41) is 25.4. The minimum absolute atomic E-state index is 0.00395. The smallest absolute Gasteiger partial charge is 0.373 e. The van der Waals surface area contributed by atoms with Crippen molar-refractivity contribution in [3.8, 4) is 11.1 Å². The second kappa shape index (κ2) is 9.05. The molecule has 5 rings (SSSR count). The quantitative estimate of drug-likeness (QED) is 0.285. The zero-order chi connectivity index (χ0) is 25.7. The fourth-order valence-electron chi connectivity index (χ4n) is 4.48. The van der Waals surface area contributed by atoms with Crippen LogP contribution in [-0.2, 0) is 23.3 Å². The Morgan fingerprint density at radius 1 is 1.03 bits per heavy atom. The van der Waals surface area contributed by atoms with Crippen molar-refractivity contribution in [3.63, 3.8) is 0 Å². The molecule has 188 valence electrons. The number of aromatic nitrogens is 3. The third kappa shape index (κ3) is 4.31. The summed E-state index contributed by atoms with van der Waals surface area (Å²) in [4.78, 5) is 22.7. The minimum atomic E-state index is -4.22. The van der Waals surface area contributed by atoms with Crippen LogP contribution in [0.15, 0.2) is 48.9 Å². The van der Waals surface area contributed by atoms with Crippen LogP contribution in [0.2, 0.25) is 5.02 Å². The van der Waals surface area contributed by atoms with Crippen molar-refractivity contribution < 1.29 is 22.0 Å². The van der Waals surface area contributed by atoms with Crippen LogP contribution in [0, 0.1) is 17.3 Å². The van der Waals surface area contributed by atoms with Crippen molar-refractivity contribution in [1.29, 1.82) is 0 Å². The monoisotopic (exact) mass is 530 g/mol. The zero-order valence-electron chi connectivity index (χ0n) is 19.4. The molecule has 2 aliphatic heterocycles. The number of rotatable bonds is 4. The fraction of sp³-hybridized carbons (Fsp3) is 0.304. The molecule has 36 heavy (non-hydrogen) atoms. The highest BCUT2D eigenvalue weighted by molar-refractivity contribution is 7.83. The van der Waals surface area contributed by atoms with Gasteiger partial charge in [-0.1, -0.05) is 17.7 Å². The molecule has 2 aliphatic rings. The number of carbonyl (C=O) groups is 1. The fourth-order valence-corrected chi connectivity index (χ4v) is 6.32. The number of carbonyl (C=O) groups excluding carboxylic acids is 1. The summed E-state index contributed by atoms with van der Waals surface area (Å²) >= 11 is 6.00. The van der Waals surface area contributed by atoms with E-state index in [0.717, 1.165) is 14.6 Å². The van der Waals surface area contributed by atoms with E-state index in [-0.39, 0.29) is 45.1 Å². The third-order valence-corrected chi connectivity index (χ3v) is 8.89. The van der Waals surface area contributed by atoms with E-state index < -0.39 is 20.2 Å². The Hall–Kier alpha value is -3.16. The molecule has 1 atom stereocenters. The maximum absolute atomic E-state index is 13.4. The Morgan fingerprint density at radius 2 is 1.69 bits per heavy atom. The van der Waals surface area contributed by atoms with Crippen LogP contribution in [0.5, 0.6) is 0 Å². The summed E-state index contributed by atoms with van der Waals surface area (Å²) < 4.78 is 27.0. The van der Waals surface area contributed by atoms with Crippen LogP contribution >= 0.6 is 11.6 Å².